The first-order valence-corrected chi connectivity index (χ1v) is 9.93. The summed E-state index contributed by atoms with van der Waals surface area (Å²) in [5.41, 5.74) is 2.84. The number of hydrogen-bond donors (Lipinski definition) is 0. The maximum atomic E-state index is 12.9. The maximum absolute atomic E-state index is 12.9. The Kier molecular flexibility index (Phi) is 5.11. The fraction of sp³-hybridized carbons (Fsp3) is 0.455. The van der Waals surface area contributed by atoms with E-state index in [1.807, 2.05) is 41.1 Å². The zero-order valence-corrected chi connectivity index (χ0v) is 16.3. The van der Waals surface area contributed by atoms with E-state index >= 15 is 0 Å². The highest BCUT2D eigenvalue weighted by Crippen LogP contribution is 2.40. The first-order valence-electron chi connectivity index (χ1n) is 9.93. The number of carbonyl (C=O) groups is 2. The van der Waals surface area contributed by atoms with Crippen molar-refractivity contribution < 1.29 is 9.59 Å². The van der Waals surface area contributed by atoms with Gasteiger partial charge in [-0.25, -0.2) is 0 Å². The van der Waals surface area contributed by atoms with Gasteiger partial charge in [-0.3, -0.25) is 19.6 Å². The van der Waals surface area contributed by atoms with Gasteiger partial charge in [0, 0.05) is 57.4 Å². The zero-order chi connectivity index (χ0) is 19.6. The highest BCUT2D eigenvalue weighted by atomic mass is 16.2. The predicted octanol–water partition coefficient (Wildman–Crippen LogP) is 2.83. The summed E-state index contributed by atoms with van der Waals surface area (Å²) in [4.78, 5) is 37.5. The molecule has 2 fully saturated rings. The summed E-state index contributed by atoms with van der Waals surface area (Å²) < 4.78 is 0. The van der Waals surface area contributed by atoms with Gasteiger partial charge in [-0.15, -0.1) is 0 Å². The van der Waals surface area contributed by atoms with Gasteiger partial charge < -0.3 is 9.80 Å². The van der Waals surface area contributed by atoms with Gasteiger partial charge >= 0.3 is 0 Å². The molecule has 2 amide bonds. The molecule has 0 N–H and O–H groups in total. The van der Waals surface area contributed by atoms with Crippen molar-refractivity contribution in [2.75, 3.05) is 19.6 Å². The van der Waals surface area contributed by atoms with Crippen molar-refractivity contribution in [2.24, 2.45) is 5.41 Å². The minimum absolute atomic E-state index is 0.0690. The van der Waals surface area contributed by atoms with Crippen LogP contribution >= 0.6 is 0 Å². The Bertz CT molecular complexity index is 860. The molecule has 4 heterocycles. The van der Waals surface area contributed by atoms with Crippen LogP contribution in [0, 0.1) is 12.3 Å². The van der Waals surface area contributed by atoms with Crippen LogP contribution in [0.25, 0.3) is 0 Å². The third-order valence-electron chi connectivity index (χ3n) is 6.23. The Labute approximate surface area is 165 Å². The van der Waals surface area contributed by atoms with Gasteiger partial charge in [-0.1, -0.05) is 6.07 Å². The third-order valence-corrected chi connectivity index (χ3v) is 6.23. The SMILES string of the molecule is Cc1ccncc1C(=O)N1CCC2(CCC(=O)N(Cc3cccnc3)C2)CC1. The molecule has 2 saturated heterocycles. The molecule has 28 heavy (non-hydrogen) atoms. The van der Waals surface area contributed by atoms with Crippen molar-refractivity contribution >= 4 is 11.8 Å². The second kappa shape index (κ2) is 7.70. The molecule has 2 aromatic rings. The number of pyridine rings is 2. The van der Waals surface area contributed by atoms with Crippen molar-refractivity contribution in [1.29, 1.82) is 0 Å². The second-order valence-corrected chi connectivity index (χ2v) is 8.09. The van der Waals surface area contributed by atoms with E-state index in [-0.39, 0.29) is 17.2 Å². The normalized spacial score (nSPS) is 19.1. The highest BCUT2D eigenvalue weighted by Gasteiger charge is 2.41. The molecule has 0 bridgehead atoms. The molecule has 6 nitrogen and oxygen atoms in total. The molecule has 4 rings (SSSR count). The number of nitrogens with zero attached hydrogens (tertiary/aromatic N) is 4. The van der Waals surface area contributed by atoms with E-state index in [1.165, 1.54) is 0 Å². The van der Waals surface area contributed by atoms with Crippen LogP contribution in [0.5, 0.6) is 0 Å². The van der Waals surface area contributed by atoms with Crippen LogP contribution in [0.2, 0.25) is 0 Å². The van der Waals surface area contributed by atoms with Gasteiger partial charge in [-0.2, -0.15) is 0 Å². The molecule has 0 atom stereocenters. The summed E-state index contributed by atoms with van der Waals surface area (Å²) in [5, 5.41) is 0. The van der Waals surface area contributed by atoms with Crippen LogP contribution in [0.1, 0.15) is 47.2 Å². The average Bonchev–Trinajstić information content (AvgIpc) is 2.72. The van der Waals surface area contributed by atoms with E-state index in [2.05, 4.69) is 9.97 Å². The highest BCUT2D eigenvalue weighted by molar-refractivity contribution is 5.95. The molecule has 146 valence electrons. The number of hydrogen-bond acceptors (Lipinski definition) is 4. The summed E-state index contributed by atoms with van der Waals surface area (Å²) in [6.07, 6.45) is 10.3. The molecule has 0 saturated carbocycles. The lowest BCUT2D eigenvalue weighted by molar-refractivity contribution is -0.139. The van der Waals surface area contributed by atoms with E-state index in [1.54, 1.807) is 18.6 Å². The van der Waals surface area contributed by atoms with Gasteiger partial charge in [0.1, 0.15) is 0 Å². The Balaban J connectivity index is 1.41. The topological polar surface area (TPSA) is 66.4 Å². The lowest BCUT2D eigenvalue weighted by Crippen LogP contribution is -2.52. The summed E-state index contributed by atoms with van der Waals surface area (Å²) in [5.74, 6) is 0.290. The minimum Gasteiger partial charge on any atom is -0.339 e. The number of carbonyl (C=O) groups excluding carboxylic acids is 2. The Morgan fingerprint density at radius 1 is 1.11 bits per heavy atom. The monoisotopic (exact) mass is 378 g/mol. The van der Waals surface area contributed by atoms with Crippen LogP contribution in [0.15, 0.2) is 43.0 Å². The van der Waals surface area contributed by atoms with Crippen molar-refractivity contribution in [2.45, 2.75) is 39.2 Å². The van der Waals surface area contributed by atoms with Gasteiger partial charge in [-0.05, 0) is 54.9 Å². The van der Waals surface area contributed by atoms with Crippen molar-refractivity contribution in [3.05, 3.63) is 59.7 Å². The van der Waals surface area contributed by atoms with E-state index < -0.39 is 0 Å². The predicted molar refractivity (Wildman–Crippen MR) is 105 cm³/mol. The van der Waals surface area contributed by atoms with Gasteiger partial charge in [0.15, 0.2) is 0 Å². The van der Waals surface area contributed by atoms with E-state index in [9.17, 15) is 9.59 Å². The molecular formula is C22H26N4O2. The lowest BCUT2D eigenvalue weighted by Gasteiger charge is -2.47. The molecule has 0 radical (unpaired) electrons. The largest absolute Gasteiger partial charge is 0.339 e. The van der Waals surface area contributed by atoms with Crippen molar-refractivity contribution in [1.82, 2.24) is 19.8 Å². The number of piperidine rings is 2. The molecule has 2 aliphatic rings. The fourth-order valence-electron chi connectivity index (χ4n) is 4.41. The Morgan fingerprint density at radius 2 is 1.89 bits per heavy atom. The fourth-order valence-corrected chi connectivity index (χ4v) is 4.41. The second-order valence-electron chi connectivity index (χ2n) is 8.09. The van der Waals surface area contributed by atoms with Crippen molar-refractivity contribution in [3.8, 4) is 0 Å². The first-order chi connectivity index (χ1) is 13.6. The number of rotatable bonds is 3. The Hall–Kier alpha value is -2.76. The van der Waals surface area contributed by atoms with Gasteiger partial charge in [0.25, 0.3) is 5.91 Å². The number of aromatic nitrogens is 2. The molecule has 2 aromatic heterocycles. The van der Waals surface area contributed by atoms with Crippen LogP contribution in [-0.4, -0.2) is 51.2 Å². The summed E-state index contributed by atoms with van der Waals surface area (Å²) in [7, 11) is 0. The average molecular weight is 378 g/mol. The third kappa shape index (κ3) is 3.77. The molecular weight excluding hydrogens is 352 g/mol. The zero-order valence-electron chi connectivity index (χ0n) is 16.3. The molecule has 2 aliphatic heterocycles. The molecule has 0 aliphatic carbocycles. The van der Waals surface area contributed by atoms with E-state index in [0.29, 0.717) is 18.5 Å². The standard InChI is InChI=1S/C22H26N4O2/c1-17-5-10-24-14-19(17)21(28)25-11-7-22(8-12-25)6-4-20(27)26(16-22)15-18-3-2-9-23-13-18/h2-3,5,9-10,13-14H,4,6-8,11-12,15-16H2,1H3. The van der Waals surface area contributed by atoms with Crippen LogP contribution in [0.3, 0.4) is 0 Å². The summed E-state index contributed by atoms with van der Waals surface area (Å²) in [6, 6.07) is 5.80. The van der Waals surface area contributed by atoms with Crippen LogP contribution < -0.4 is 0 Å². The van der Waals surface area contributed by atoms with Gasteiger partial charge in [0.05, 0.1) is 5.56 Å². The number of amides is 2. The molecule has 1 spiro atoms. The number of likely N-dealkylation sites (tertiary alicyclic amines) is 2. The smallest absolute Gasteiger partial charge is 0.255 e. The van der Waals surface area contributed by atoms with Gasteiger partial charge in [0.2, 0.25) is 5.91 Å². The quantitative estimate of drug-likeness (QED) is 0.824. The summed E-state index contributed by atoms with van der Waals surface area (Å²) in [6.45, 7) is 4.81. The number of aryl methyl sites for hydroxylation is 1. The van der Waals surface area contributed by atoms with Crippen LogP contribution in [-0.2, 0) is 11.3 Å². The molecule has 0 aromatic carbocycles. The van der Waals surface area contributed by atoms with Crippen molar-refractivity contribution in [3.63, 3.8) is 0 Å². The molecule has 0 unspecified atom stereocenters. The molecule has 6 heteroatoms. The lowest BCUT2D eigenvalue weighted by atomic mass is 9.72. The summed E-state index contributed by atoms with van der Waals surface area (Å²) >= 11 is 0. The minimum atomic E-state index is 0.0690. The van der Waals surface area contributed by atoms with E-state index in [4.69, 9.17) is 0 Å². The van der Waals surface area contributed by atoms with Crippen LogP contribution in [0.4, 0.5) is 0 Å². The Morgan fingerprint density at radius 3 is 2.61 bits per heavy atom. The van der Waals surface area contributed by atoms with E-state index in [0.717, 1.165) is 50.0 Å². The maximum Gasteiger partial charge on any atom is 0.255 e. The first kappa shape index (κ1) is 18.6.